The summed E-state index contributed by atoms with van der Waals surface area (Å²) in [6, 6.07) is 4.27. The Morgan fingerprint density at radius 1 is 0.716 bits per heavy atom. The molecule has 2 aliphatic heterocycles. The Bertz CT molecular complexity index is 2500. The highest BCUT2D eigenvalue weighted by Gasteiger charge is 2.62. The number of ether oxygens (including phenoxy) is 2. The third-order valence-corrected chi connectivity index (χ3v) is 12.9. The number of aliphatic hydroxyl groups is 7. The van der Waals surface area contributed by atoms with Crippen LogP contribution in [0.1, 0.15) is 41.3 Å². The number of halogens is 11. The number of alkyl halides is 5. The summed E-state index contributed by atoms with van der Waals surface area (Å²) in [6.07, 6.45) is -13.4. The Hall–Kier alpha value is -4.84. The van der Waals surface area contributed by atoms with Crippen molar-refractivity contribution >= 4 is 11.8 Å². The van der Waals surface area contributed by atoms with E-state index in [0.29, 0.717) is 30.0 Å². The average Bonchev–Trinajstić information content (AvgIpc) is 3.95. The highest BCUT2D eigenvalue weighted by atomic mass is 32.2. The van der Waals surface area contributed by atoms with Gasteiger partial charge in [0, 0.05) is 24.0 Å². The van der Waals surface area contributed by atoms with Crippen molar-refractivity contribution in [1.29, 1.82) is 0 Å². The minimum atomic E-state index is -4.94. The van der Waals surface area contributed by atoms with Gasteiger partial charge in [-0.3, -0.25) is 0 Å². The summed E-state index contributed by atoms with van der Waals surface area (Å²) in [7, 11) is 0. The first-order chi connectivity index (χ1) is 31.5. The molecule has 7 N–H and O–H groups in total. The molecule has 1 aliphatic carbocycles. The Morgan fingerprint density at radius 2 is 1.19 bits per heavy atom. The fourth-order valence-electron chi connectivity index (χ4n) is 8.01. The molecule has 0 radical (unpaired) electrons. The lowest BCUT2D eigenvalue weighted by molar-refractivity contribution is -0.206. The molecule has 0 amide bonds. The monoisotopic (exact) mass is 986 g/mol. The highest BCUT2D eigenvalue weighted by Crippen LogP contribution is 2.59. The van der Waals surface area contributed by atoms with E-state index in [1.54, 1.807) is 0 Å². The molecule has 3 fully saturated rings. The van der Waals surface area contributed by atoms with Crippen LogP contribution in [0.3, 0.4) is 0 Å². The zero-order valence-electron chi connectivity index (χ0n) is 33.8. The van der Waals surface area contributed by atoms with Crippen LogP contribution in [-0.2, 0) is 15.7 Å². The maximum atomic E-state index is 13.9. The SMILES string of the molecule is OCC1OCC(O)C(n2cc(-c3cc(F)c(F)c(F)c3)nn2)C1O.OC[C@H]1O[C@@H](SC(c2ccccc2C(F)(F)F)C2(O)CC(F)(F)C2)[C@H](O)[C@@H](n2cc(-c3cc(F)c(F)c(F)c3)nn2)[C@H]1O. The molecule has 8 rings (SSSR count). The van der Waals surface area contributed by atoms with Gasteiger partial charge >= 0.3 is 6.18 Å². The summed E-state index contributed by atoms with van der Waals surface area (Å²) in [5.74, 6) is -12.5. The summed E-state index contributed by atoms with van der Waals surface area (Å²) < 4.78 is 163. The summed E-state index contributed by atoms with van der Waals surface area (Å²) in [6.45, 7) is -1.47. The molecule has 2 aromatic heterocycles. The van der Waals surface area contributed by atoms with E-state index < -0.39 is 149 Å². The predicted octanol–water partition coefficient (Wildman–Crippen LogP) is 4.01. The van der Waals surface area contributed by atoms with E-state index in [-0.39, 0.29) is 29.1 Å². The zero-order chi connectivity index (χ0) is 48.9. The topological polar surface area (TPSA) is 221 Å². The first-order valence-electron chi connectivity index (χ1n) is 19.7. The van der Waals surface area contributed by atoms with Crippen LogP contribution in [0.25, 0.3) is 22.5 Å². The lowest BCUT2D eigenvalue weighted by atomic mass is 9.72. The second kappa shape index (κ2) is 19.3. The number of aromatic nitrogens is 6. The van der Waals surface area contributed by atoms with Crippen LogP contribution in [0.4, 0.5) is 48.3 Å². The van der Waals surface area contributed by atoms with Gasteiger partial charge in [0.25, 0.3) is 5.92 Å². The third-order valence-electron chi connectivity index (χ3n) is 11.3. The molecule has 10 atom stereocenters. The molecule has 5 unspecified atom stereocenters. The van der Waals surface area contributed by atoms with Crippen molar-refractivity contribution in [3.8, 4) is 22.5 Å². The third kappa shape index (κ3) is 10.2. The molecular weight excluding hydrogens is 950 g/mol. The molecule has 67 heavy (non-hydrogen) atoms. The highest BCUT2D eigenvalue weighted by molar-refractivity contribution is 8.00. The Morgan fingerprint density at radius 3 is 1.67 bits per heavy atom. The normalized spacial score (nSPS) is 27.5. The van der Waals surface area contributed by atoms with Crippen molar-refractivity contribution < 1.29 is 93.5 Å². The van der Waals surface area contributed by atoms with Gasteiger partial charge in [0.05, 0.1) is 48.6 Å². The molecule has 0 spiro atoms. The van der Waals surface area contributed by atoms with Crippen LogP contribution in [0, 0.1) is 34.9 Å². The van der Waals surface area contributed by atoms with Gasteiger partial charge in [-0.15, -0.1) is 22.0 Å². The standard InChI is InChI=1S/C26H23F8N3O5S.C14H14F3N3O4/c27-14-5-11(6-15(28)18(14)29)16-7-37(36-35-16)19-20(39)17(8-38)42-23(21(19)40)43-22(24(41)9-25(30,31)10-24)12-3-1-2-4-13(12)26(32,33)34;15-7-1-6(2-8(16)12(7)17)9-3-20(19-18-9)13-10(22)5-24-11(4-21)14(13)23/h1-7,17,19-23,38-41H,8-10H2;1-3,10-11,13-14,21-23H,4-5H2/t17-,19+,20+,21-,22?,23+;/m1./s1. The molecule has 3 aromatic carbocycles. The minimum absolute atomic E-state index is 0.0271. The molecule has 4 heterocycles. The molecule has 0 bridgehead atoms. The Balaban J connectivity index is 0.000000234. The fraction of sp³-hybridized carbons (Fsp3) is 0.450. The van der Waals surface area contributed by atoms with Crippen molar-refractivity contribution in [2.75, 3.05) is 19.8 Å². The van der Waals surface area contributed by atoms with E-state index in [1.807, 2.05) is 0 Å². The number of rotatable bonds is 10. The maximum absolute atomic E-state index is 13.9. The van der Waals surface area contributed by atoms with Crippen LogP contribution < -0.4 is 0 Å². The fourth-order valence-corrected chi connectivity index (χ4v) is 9.58. The second-order valence-electron chi connectivity index (χ2n) is 15.9. The Labute approximate surface area is 374 Å². The van der Waals surface area contributed by atoms with Crippen molar-refractivity contribution in [2.24, 2.45) is 0 Å². The molecule has 364 valence electrons. The minimum Gasteiger partial charge on any atom is -0.394 e. The molecule has 3 aliphatic rings. The van der Waals surface area contributed by atoms with Crippen LogP contribution in [0.15, 0.2) is 60.9 Å². The second-order valence-corrected chi connectivity index (χ2v) is 17.1. The van der Waals surface area contributed by atoms with Gasteiger partial charge < -0.3 is 45.2 Å². The average molecular weight is 987 g/mol. The number of thioether (sulfide) groups is 1. The van der Waals surface area contributed by atoms with Crippen molar-refractivity contribution in [2.45, 2.75) is 89.9 Å². The lowest BCUT2D eigenvalue weighted by Gasteiger charge is -2.50. The molecule has 5 aromatic rings. The van der Waals surface area contributed by atoms with Gasteiger partial charge in [-0.05, 0) is 35.9 Å². The van der Waals surface area contributed by atoms with Crippen molar-refractivity contribution in [3.05, 3.63) is 107 Å². The summed E-state index contributed by atoms with van der Waals surface area (Å²) >= 11 is 0.389. The van der Waals surface area contributed by atoms with Gasteiger partial charge in [0.1, 0.15) is 65.5 Å². The van der Waals surface area contributed by atoms with E-state index in [0.717, 1.165) is 39.8 Å². The first-order valence-corrected chi connectivity index (χ1v) is 20.7. The predicted molar refractivity (Wildman–Crippen MR) is 206 cm³/mol. The van der Waals surface area contributed by atoms with E-state index in [4.69, 9.17) is 14.6 Å². The van der Waals surface area contributed by atoms with Crippen LogP contribution >= 0.6 is 11.8 Å². The lowest BCUT2D eigenvalue weighted by Crippen LogP contribution is -2.58. The van der Waals surface area contributed by atoms with E-state index in [9.17, 15) is 78.9 Å². The van der Waals surface area contributed by atoms with E-state index >= 15 is 0 Å². The van der Waals surface area contributed by atoms with Gasteiger partial charge in [0.15, 0.2) is 34.9 Å². The van der Waals surface area contributed by atoms with Crippen molar-refractivity contribution in [1.82, 2.24) is 30.0 Å². The van der Waals surface area contributed by atoms with Crippen molar-refractivity contribution in [3.63, 3.8) is 0 Å². The number of aliphatic hydroxyl groups excluding tert-OH is 6. The van der Waals surface area contributed by atoms with Gasteiger partial charge in [-0.25, -0.2) is 44.5 Å². The summed E-state index contributed by atoms with van der Waals surface area (Å²) in [5, 5.41) is 85.6. The number of benzene rings is 3. The van der Waals surface area contributed by atoms with Crippen LogP contribution in [0.2, 0.25) is 0 Å². The smallest absolute Gasteiger partial charge is 0.394 e. The largest absolute Gasteiger partial charge is 0.416 e. The quantitative estimate of drug-likeness (QED) is 0.0777. The number of nitrogens with zero attached hydrogens (tertiary/aromatic N) is 6. The maximum Gasteiger partial charge on any atom is 0.416 e. The zero-order valence-corrected chi connectivity index (χ0v) is 34.6. The number of hydrogen-bond acceptors (Lipinski definition) is 14. The molecule has 27 heteroatoms. The van der Waals surface area contributed by atoms with Crippen LogP contribution in [0.5, 0.6) is 0 Å². The van der Waals surface area contributed by atoms with Gasteiger partial charge in [-0.2, -0.15) is 13.2 Å². The first kappa shape index (κ1) is 50.0. The summed E-state index contributed by atoms with van der Waals surface area (Å²) in [4.78, 5) is 0. The molecule has 15 nitrogen and oxygen atoms in total. The molecular formula is C40H37F11N6O9S. The van der Waals surface area contributed by atoms with Gasteiger partial charge in [-0.1, -0.05) is 28.6 Å². The molecule has 2 saturated heterocycles. The van der Waals surface area contributed by atoms with E-state index in [2.05, 4.69) is 20.6 Å². The Kier molecular flexibility index (Phi) is 14.4. The number of hydrogen-bond donors (Lipinski definition) is 7. The van der Waals surface area contributed by atoms with Gasteiger partial charge in [0.2, 0.25) is 0 Å². The van der Waals surface area contributed by atoms with E-state index in [1.165, 1.54) is 12.3 Å². The molecule has 1 saturated carbocycles. The summed E-state index contributed by atoms with van der Waals surface area (Å²) in [5.41, 5.74) is -6.28. The van der Waals surface area contributed by atoms with Crippen LogP contribution in [-0.4, -0.2) is 139 Å².